The first-order valence-corrected chi connectivity index (χ1v) is 8.67. The van der Waals surface area contributed by atoms with Crippen molar-refractivity contribution in [2.24, 2.45) is 0 Å². The van der Waals surface area contributed by atoms with Gasteiger partial charge in [-0.3, -0.25) is 4.98 Å². The van der Waals surface area contributed by atoms with Gasteiger partial charge in [0.05, 0.1) is 12.2 Å². The van der Waals surface area contributed by atoms with E-state index < -0.39 is 6.43 Å². The number of aromatic nitrogens is 1. The highest BCUT2D eigenvalue weighted by molar-refractivity contribution is 5.48. The molecule has 1 saturated carbocycles. The van der Waals surface area contributed by atoms with Gasteiger partial charge in [-0.15, -0.1) is 0 Å². The molecule has 1 fully saturated rings. The van der Waals surface area contributed by atoms with Crippen LogP contribution in [0.3, 0.4) is 0 Å². The Kier molecular flexibility index (Phi) is 5.44. The lowest BCUT2D eigenvalue weighted by atomic mass is 9.85. The highest BCUT2D eigenvalue weighted by Gasteiger charge is 2.16. The SMILES string of the molecule is CN(Cc1ccc(C2CCCCC2)cn1)c1cccc(C(F)F)c1. The largest absolute Gasteiger partial charge is 0.369 e. The number of hydrogen-bond acceptors (Lipinski definition) is 2. The van der Waals surface area contributed by atoms with Crippen LogP contribution < -0.4 is 4.90 Å². The molecule has 1 aromatic heterocycles. The van der Waals surface area contributed by atoms with E-state index in [0.717, 1.165) is 11.4 Å². The normalized spacial score (nSPS) is 15.7. The standard InChI is InChI=1S/C20H24F2N2/c1-24(19-9-5-8-16(12-19)20(21)22)14-18-11-10-17(13-23-18)15-6-3-2-4-7-15/h5,8-13,15,20H,2-4,6-7,14H2,1H3. The van der Waals surface area contributed by atoms with Crippen molar-refractivity contribution < 1.29 is 8.78 Å². The van der Waals surface area contributed by atoms with Gasteiger partial charge >= 0.3 is 0 Å². The summed E-state index contributed by atoms with van der Waals surface area (Å²) in [5.41, 5.74) is 3.13. The fraction of sp³-hybridized carbons (Fsp3) is 0.450. The quantitative estimate of drug-likeness (QED) is 0.699. The second-order valence-corrected chi connectivity index (χ2v) is 6.67. The van der Waals surface area contributed by atoms with Crippen LogP contribution in [0.25, 0.3) is 0 Å². The lowest BCUT2D eigenvalue weighted by Gasteiger charge is -2.22. The van der Waals surface area contributed by atoms with Gasteiger partial charge in [-0.05, 0) is 42.5 Å². The summed E-state index contributed by atoms with van der Waals surface area (Å²) in [6.45, 7) is 0.609. The molecular formula is C20H24F2N2. The Morgan fingerprint density at radius 3 is 2.58 bits per heavy atom. The Balaban J connectivity index is 1.66. The molecule has 3 rings (SSSR count). The molecule has 1 aliphatic carbocycles. The molecule has 0 N–H and O–H groups in total. The lowest BCUT2D eigenvalue weighted by molar-refractivity contribution is 0.151. The van der Waals surface area contributed by atoms with Gasteiger partial charge in [0.2, 0.25) is 0 Å². The van der Waals surface area contributed by atoms with Crippen LogP contribution in [0.2, 0.25) is 0 Å². The molecule has 2 aromatic rings. The zero-order valence-corrected chi connectivity index (χ0v) is 14.1. The molecule has 0 spiro atoms. The topological polar surface area (TPSA) is 16.1 Å². The van der Waals surface area contributed by atoms with Gasteiger partial charge in [0.1, 0.15) is 0 Å². The van der Waals surface area contributed by atoms with Gasteiger partial charge < -0.3 is 4.90 Å². The molecule has 2 nitrogen and oxygen atoms in total. The van der Waals surface area contributed by atoms with Gasteiger partial charge in [0, 0.05) is 24.5 Å². The third-order valence-electron chi connectivity index (χ3n) is 4.89. The van der Waals surface area contributed by atoms with E-state index in [1.165, 1.54) is 43.7 Å². The Morgan fingerprint density at radius 2 is 1.92 bits per heavy atom. The van der Waals surface area contributed by atoms with Crippen LogP contribution in [-0.4, -0.2) is 12.0 Å². The molecule has 1 aliphatic rings. The van der Waals surface area contributed by atoms with E-state index in [4.69, 9.17) is 0 Å². The van der Waals surface area contributed by atoms with Crippen molar-refractivity contribution >= 4 is 5.69 Å². The third kappa shape index (κ3) is 4.11. The number of pyridine rings is 1. The first-order chi connectivity index (χ1) is 11.6. The number of benzene rings is 1. The van der Waals surface area contributed by atoms with Crippen molar-refractivity contribution in [2.45, 2.75) is 51.0 Å². The zero-order chi connectivity index (χ0) is 16.9. The van der Waals surface area contributed by atoms with Crippen LogP contribution in [0.4, 0.5) is 14.5 Å². The van der Waals surface area contributed by atoms with Gasteiger partial charge in [0.15, 0.2) is 0 Å². The summed E-state index contributed by atoms with van der Waals surface area (Å²) in [5.74, 6) is 0.653. The van der Waals surface area contributed by atoms with E-state index in [2.05, 4.69) is 17.1 Å². The average molecular weight is 330 g/mol. The Labute approximate surface area is 142 Å². The minimum Gasteiger partial charge on any atom is -0.369 e. The minimum absolute atomic E-state index is 0.0555. The smallest absolute Gasteiger partial charge is 0.263 e. The van der Waals surface area contributed by atoms with Crippen molar-refractivity contribution in [3.63, 3.8) is 0 Å². The van der Waals surface area contributed by atoms with E-state index >= 15 is 0 Å². The number of hydrogen-bond donors (Lipinski definition) is 0. The summed E-state index contributed by atoms with van der Waals surface area (Å²) in [7, 11) is 1.90. The van der Waals surface area contributed by atoms with Crippen LogP contribution >= 0.6 is 0 Å². The minimum atomic E-state index is -2.44. The van der Waals surface area contributed by atoms with Crippen LogP contribution in [0.1, 0.15) is 61.3 Å². The molecule has 0 unspecified atom stereocenters. The highest BCUT2D eigenvalue weighted by Crippen LogP contribution is 2.32. The summed E-state index contributed by atoms with van der Waals surface area (Å²) in [5, 5.41) is 0. The summed E-state index contributed by atoms with van der Waals surface area (Å²) >= 11 is 0. The van der Waals surface area contributed by atoms with Crippen LogP contribution in [0.15, 0.2) is 42.6 Å². The van der Waals surface area contributed by atoms with E-state index in [9.17, 15) is 8.78 Å². The molecule has 1 heterocycles. The second kappa shape index (κ2) is 7.73. The fourth-order valence-corrected chi connectivity index (χ4v) is 3.44. The summed E-state index contributed by atoms with van der Waals surface area (Å²) in [6, 6.07) is 10.8. The monoisotopic (exact) mass is 330 g/mol. The Hall–Kier alpha value is -1.97. The Morgan fingerprint density at radius 1 is 1.12 bits per heavy atom. The molecule has 1 aromatic carbocycles. The van der Waals surface area contributed by atoms with Gasteiger partial charge in [-0.2, -0.15) is 0 Å². The van der Waals surface area contributed by atoms with Gasteiger partial charge in [-0.1, -0.05) is 37.5 Å². The van der Waals surface area contributed by atoms with E-state index in [-0.39, 0.29) is 5.56 Å². The van der Waals surface area contributed by atoms with Gasteiger partial charge in [0.25, 0.3) is 6.43 Å². The van der Waals surface area contributed by atoms with E-state index in [1.54, 1.807) is 12.1 Å². The van der Waals surface area contributed by atoms with Crippen molar-refractivity contribution in [1.82, 2.24) is 4.98 Å². The molecule has 0 radical (unpaired) electrons. The Bertz CT molecular complexity index is 649. The first-order valence-electron chi connectivity index (χ1n) is 8.67. The summed E-state index contributed by atoms with van der Waals surface area (Å²) < 4.78 is 25.7. The maximum atomic E-state index is 12.8. The highest BCUT2D eigenvalue weighted by atomic mass is 19.3. The maximum absolute atomic E-state index is 12.8. The van der Waals surface area contributed by atoms with Gasteiger partial charge in [-0.25, -0.2) is 8.78 Å². The number of halogens is 2. The molecule has 0 saturated heterocycles. The fourth-order valence-electron chi connectivity index (χ4n) is 3.44. The summed E-state index contributed by atoms with van der Waals surface area (Å²) in [6.07, 6.45) is 6.07. The molecule has 0 aliphatic heterocycles. The van der Waals surface area contributed by atoms with E-state index in [1.807, 2.05) is 24.2 Å². The molecule has 128 valence electrons. The van der Waals surface area contributed by atoms with Crippen molar-refractivity contribution in [3.05, 3.63) is 59.4 Å². The number of anilines is 1. The van der Waals surface area contributed by atoms with E-state index in [0.29, 0.717) is 12.5 Å². The van der Waals surface area contributed by atoms with Crippen LogP contribution in [0, 0.1) is 0 Å². The molecule has 24 heavy (non-hydrogen) atoms. The average Bonchev–Trinajstić information content (AvgIpc) is 2.63. The molecule has 4 heteroatoms. The molecule has 0 atom stereocenters. The predicted octanol–water partition coefficient (Wildman–Crippen LogP) is 5.70. The molecule has 0 bridgehead atoms. The first kappa shape index (κ1) is 16.9. The number of alkyl halides is 2. The third-order valence-corrected chi connectivity index (χ3v) is 4.89. The maximum Gasteiger partial charge on any atom is 0.263 e. The van der Waals surface area contributed by atoms with Crippen LogP contribution in [-0.2, 0) is 6.54 Å². The van der Waals surface area contributed by atoms with Crippen LogP contribution in [0.5, 0.6) is 0 Å². The predicted molar refractivity (Wildman–Crippen MR) is 93.6 cm³/mol. The molecular weight excluding hydrogens is 306 g/mol. The number of rotatable bonds is 5. The number of nitrogens with zero attached hydrogens (tertiary/aromatic N) is 2. The molecule has 0 amide bonds. The second-order valence-electron chi connectivity index (χ2n) is 6.67. The zero-order valence-electron chi connectivity index (χ0n) is 14.1. The van der Waals surface area contributed by atoms with Crippen molar-refractivity contribution in [3.8, 4) is 0 Å². The van der Waals surface area contributed by atoms with Crippen molar-refractivity contribution in [2.75, 3.05) is 11.9 Å². The summed E-state index contributed by atoms with van der Waals surface area (Å²) in [4.78, 5) is 6.54. The lowest BCUT2D eigenvalue weighted by Crippen LogP contribution is -2.17. The van der Waals surface area contributed by atoms with Crippen molar-refractivity contribution in [1.29, 1.82) is 0 Å².